The van der Waals surface area contributed by atoms with Crippen molar-refractivity contribution in [2.24, 2.45) is 0 Å². The molecule has 2 nitrogen and oxygen atoms in total. The molecule has 0 aliphatic carbocycles. The minimum Gasteiger partial charge on any atom is -0.370 e. The van der Waals surface area contributed by atoms with Gasteiger partial charge in [0.1, 0.15) is 0 Å². The topological polar surface area (TPSA) is 20.3 Å². The van der Waals surface area contributed by atoms with Gasteiger partial charge < -0.3 is 4.90 Å². The van der Waals surface area contributed by atoms with Crippen LogP contribution in [0.5, 0.6) is 0 Å². The van der Waals surface area contributed by atoms with Crippen LogP contribution in [-0.2, 0) is 4.79 Å². The van der Waals surface area contributed by atoms with Gasteiger partial charge in [-0.2, -0.15) is 0 Å². The lowest BCUT2D eigenvalue weighted by atomic mass is 10.3. The van der Waals surface area contributed by atoms with Gasteiger partial charge in [-0.3, -0.25) is 4.79 Å². The van der Waals surface area contributed by atoms with Gasteiger partial charge in [0, 0.05) is 12.7 Å². The van der Waals surface area contributed by atoms with Crippen LogP contribution in [-0.4, -0.2) is 24.3 Å². The summed E-state index contributed by atoms with van der Waals surface area (Å²) in [6, 6.07) is 0. The highest BCUT2D eigenvalue weighted by Gasteiger charge is 2.05. The first-order valence-corrected chi connectivity index (χ1v) is 3.29. The van der Waals surface area contributed by atoms with E-state index in [4.69, 9.17) is 0 Å². The number of allylic oxidation sites excluding steroid dienone is 3. The minimum atomic E-state index is 0.163. The monoisotopic (exact) mass is 137 g/mol. The lowest BCUT2D eigenvalue weighted by molar-refractivity contribution is -0.115. The van der Waals surface area contributed by atoms with E-state index in [2.05, 4.69) is 0 Å². The number of hydrogen-bond donors (Lipinski definition) is 0. The van der Waals surface area contributed by atoms with Crippen LogP contribution in [0.3, 0.4) is 0 Å². The molecule has 0 atom stereocenters. The summed E-state index contributed by atoms with van der Waals surface area (Å²) in [6.45, 7) is 2.49. The Balaban J connectivity index is 2.76. The third-order valence-electron chi connectivity index (χ3n) is 1.61. The fourth-order valence-corrected chi connectivity index (χ4v) is 0.833. The van der Waals surface area contributed by atoms with Crippen molar-refractivity contribution in [1.82, 2.24) is 4.90 Å². The minimum absolute atomic E-state index is 0.163. The number of nitrogens with zero attached hydrogens (tertiary/aromatic N) is 1. The number of carbonyl (C=O) groups excluding carboxylic acids is 1. The van der Waals surface area contributed by atoms with E-state index in [1.807, 2.05) is 24.9 Å². The van der Waals surface area contributed by atoms with Gasteiger partial charge in [0.25, 0.3) is 0 Å². The second kappa shape index (κ2) is 2.69. The zero-order valence-corrected chi connectivity index (χ0v) is 6.29. The smallest absolute Gasteiger partial charge is 0.174 e. The van der Waals surface area contributed by atoms with Gasteiger partial charge in [-0.1, -0.05) is 6.08 Å². The third-order valence-corrected chi connectivity index (χ3v) is 1.61. The molecule has 0 fully saturated rings. The quantitative estimate of drug-likeness (QED) is 0.495. The summed E-state index contributed by atoms with van der Waals surface area (Å²) in [7, 11) is 1.91. The third kappa shape index (κ3) is 1.47. The first-order chi connectivity index (χ1) is 4.70. The fraction of sp³-hybridized carbons (Fsp3) is 0.375. The summed E-state index contributed by atoms with van der Waals surface area (Å²) in [5, 5.41) is 0. The molecule has 10 heavy (non-hydrogen) atoms. The van der Waals surface area contributed by atoms with Crippen molar-refractivity contribution < 1.29 is 4.79 Å². The maximum absolute atomic E-state index is 10.9. The van der Waals surface area contributed by atoms with Gasteiger partial charge in [0.05, 0.1) is 6.54 Å². The molecule has 1 aliphatic heterocycles. The van der Waals surface area contributed by atoms with E-state index >= 15 is 0 Å². The second-order valence-electron chi connectivity index (χ2n) is 2.49. The van der Waals surface area contributed by atoms with Crippen LogP contribution in [0.2, 0.25) is 0 Å². The number of hydrogen-bond acceptors (Lipinski definition) is 2. The maximum atomic E-state index is 10.9. The molecule has 0 bridgehead atoms. The second-order valence-corrected chi connectivity index (χ2v) is 2.49. The van der Waals surface area contributed by atoms with Crippen molar-refractivity contribution in [2.45, 2.75) is 6.92 Å². The molecule has 0 saturated carbocycles. The molecule has 0 aromatic carbocycles. The van der Waals surface area contributed by atoms with Crippen LogP contribution < -0.4 is 0 Å². The largest absolute Gasteiger partial charge is 0.370 e. The van der Waals surface area contributed by atoms with Crippen molar-refractivity contribution in [3.63, 3.8) is 0 Å². The van der Waals surface area contributed by atoms with Crippen molar-refractivity contribution in [3.8, 4) is 0 Å². The molecule has 1 rings (SSSR count). The first kappa shape index (κ1) is 7.06. The van der Waals surface area contributed by atoms with Gasteiger partial charge in [0.15, 0.2) is 5.78 Å². The predicted octanol–water partition coefficient (Wildman–Crippen LogP) is 0.961. The van der Waals surface area contributed by atoms with Crippen molar-refractivity contribution in [1.29, 1.82) is 0 Å². The summed E-state index contributed by atoms with van der Waals surface area (Å²) in [4.78, 5) is 12.8. The van der Waals surface area contributed by atoms with Crippen LogP contribution in [0, 0.1) is 0 Å². The van der Waals surface area contributed by atoms with Crippen molar-refractivity contribution in [2.75, 3.05) is 13.6 Å². The van der Waals surface area contributed by atoms with Gasteiger partial charge >= 0.3 is 0 Å². The highest BCUT2D eigenvalue weighted by Crippen LogP contribution is 2.03. The molecule has 2 heteroatoms. The van der Waals surface area contributed by atoms with Gasteiger partial charge in [-0.15, -0.1) is 0 Å². The van der Waals surface area contributed by atoms with Crippen LogP contribution in [0.1, 0.15) is 6.92 Å². The molecule has 1 heterocycles. The zero-order chi connectivity index (χ0) is 7.56. The molecule has 0 unspecified atom stereocenters. The molecule has 0 saturated heterocycles. The Morgan fingerprint density at radius 2 is 2.30 bits per heavy atom. The Labute approximate surface area is 60.8 Å². The molecular weight excluding hydrogens is 126 g/mol. The first-order valence-electron chi connectivity index (χ1n) is 3.29. The van der Waals surface area contributed by atoms with E-state index in [9.17, 15) is 4.79 Å². The van der Waals surface area contributed by atoms with E-state index in [-0.39, 0.29) is 5.78 Å². The van der Waals surface area contributed by atoms with Crippen molar-refractivity contribution in [3.05, 3.63) is 23.9 Å². The zero-order valence-electron chi connectivity index (χ0n) is 6.29. The van der Waals surface area contributed by atoms with Crippen molar-refractivity contribution >= 4 is 5.78 Å². The lowest BCUT2D eigenvalue weighted by Gasteiger charge is -2.15. The molecule has 0 spiro atoms. The Bertz CT molecular complexity index is 203. The lowest BCUT2D eigenvalue weighted by Crippen LogP contribution is -2.21. The Morgan fingerprint density at radius 1 is 1.60 bits per heavy atom. The number of carbonyl (C=O) groups is 1. The average molecular weight is 137 g/mol. The van der Waals surface area contributed by atoms with E-state index < -0.39 is 0 Å². The van der Waals surface area contributed by atoms with Crippen LogP contribution >= 0.6 is 0 Å². The van der Waals surface area contributed by atoms with Crippen LogP contribution in [0.15, 0.2) is 23.9 Å². The number of likely N-dealkylation sites (N-methyl/N-ethyl adjacent to an activating group) is 1. The number of rotatable bonds is 0. The molecule has 0 amide bonds. The maximum Gasteiger partial charge on any atom is 0.174 e. The van der Waals surface area contributed by atoms with E-state index in [1.165, 1.54) is 0 Å². The van der Waals surface area contributed by atoms with Crippen LogP contribution in [0.25, 0.3) is 0 Å². The highest BCUT2D eigenvalue weighted by molar-refractivity contribution is 5.92. The summed E-state index contributed by atoms with van der Waals surface area (Å²) < 4.78 is 0. The SMILES string of the molecule is CC1=CC=CC(=O)CN1C. The normalized spacial score (nSPS) is 18.8. The predicted molar refractivity (Wildman–Crippen MR) is 40.5 cm³/mol. The standard InChI is InChI=1S/C8H11NO/c1-7-4-3-5-8(10)6-9(7)2/h3-5H,6H2,1-2H3. The summed E-state index contributed by atoms with van der Waals surface area (Å²) in [6.07, 6.45) is 5.33. The summed E-state index contributed by atoms with van der Waals surface area (Å²) in [5.74, 6) is 0.163. The van der Waals surface area contributed by atoms with Gasteiger partial charge in [0.2, 0.25) is 0 Å². The van der Waals surface area contributed by atoms with Gasteiger partial charge in [-0.25, -0.2) is 0 Å². The molecule has 0 radical (unpaired) electrons. The van der Waals surface area contributed by atoms with E-state index in [1.54, 1.807) is 12.2 Å². The molecule has 0 aromatic rings. The summed E-state index contributed by atoms with van der Waals surface area (Å²) in [5.41, 5.74) is 1.13. The average Bonchev–Trinajstić information content (AvgIpc) is 1.96. The Morgan fingerprint density at radius 3 is 3.00 bits per heavy atom. The molecule has 0 N–H and O–H groups in total. The van der Waals surface area contributed by atoms with Gasteiger partial charge in [-0.05, 0) is 19.1 Å². The fourth-order valence-electron chi connectivity index (χ4n) is 0.833. The van der Waals surface area contributed by atoms with E-state index in [0.717, 1.165) is 5.70 Å². The highest BCUT2D eigenvalue weighted by atomic mass is 16.1. The van der Waals surface area contributed by atoms with E-state index in [0.29, 0.717) is 6.54 Å². The molecule has 1 aliphatic rings. The Hall–Kier alpha value is -1.05. The molecule has 54 valence electrons. The Kier molecular flexibility index (Phi) is 1.90. The molecule has 0 aromatic heterocycles. The number of ketones is 1. The van der Waals surface area contributed by atoms with Crippen LogP contribution in [0.4, 0.5) is 0 Å². The summed E-state index contributed by atoms with van der Waals surface area (Å²) >= 11 is 0. The molecular formula is C8H11NO.